The second-order valence-corrected chi connectivity index (χ2v) is 5.37. The standard InChI is InChI=1S/C12H20N2O/c1-8-7-13-5-6-14(8)12(15)11-9-3-2-4-10(9)11/h8-11,13H,2-7H2,1H3/t8-,9?,10?,11?/m1/s1. The maximum atomic E-state index is 12.3. The topological polar surface area (TPSA) is 32.3 Å². The van der Waals surface area contributed by atoms with E-state index in [9.17, 15) is 4.79 Å². The Morgan fingerprint density at radius 1 is 1.33 bits per heavy atom. The maximum absolute atomic E-state index is 12.3. The second-order valence-electron chi connectivity index (χ2n) is 5.37. The summed E-state index contributed by atoms with van der Waals surface area (Å²) in [5, 5.41) is 3.34. The highest BCUT2D eigenvalue weighted by molar-refractivity contribution is 5.83. The van der Waals surface area contributed by atoms with Crippen LogP contribution in [-0.4, -0.2) is 36.5 Å². The summed E-state index contributed by atoms with van der Waals surface area (Å²) in [6.07, 6.45) is 3.97. The number of rotatable bonds is 1. The Bertz CT molecular complexity index is 269. The van der Waals surface area contributed by atoms with Crippen LogP contribution in [0.5, 0.6) is 0 Å². The first kappa shape index (κ1) is 9.64. The highest BCUT2D eigenvalue weighted by atomic mass is 16.2. The summed E-state index contributed by atoms with van der Waals surface area (Å²) in [6.45, 7) is 5.00. The van der Waals surface area contributed by atoms with Gasteiger partial charge in [-0.1, -0.05) is 6.42 Å². The van der Waals surface area contributed by atoms with Gasteiger partial charge in [-0.05, 0) is 31.6 Å². The fourth-order valence-electron chi connectivity index (χ4n) is 3.55. The minimum Gasteiger partial charge on any atom is -0.337 e. The lowest BCUT2D eigenvalue weighted by molar-refractivity contribution is -0.136. The molecule has 0 aromatic heterocycles. The van der Waals surface area contributed by atoms with Crippen LogP contribution >= 0.6 is 0 Å². The third-order valence-corrected chi connectivity index (χ3v) is 4.48. The molecule has 0 bridgehead atoms. The van der Waals surface area contributed by atoms with Gasteiger partial charge in [0.15, 0.2) is 0 Å². The van der Waals surface area contributed by atoms with Crippen LogP contribution < -0.4 is 5.32 Å². The molecule has 1 amide bonds. The van der Waals surface area contributed by atoms with Crippen molar-refractivity contribution in [2.45, 2.75) is 32.2 Å². The lowest BCUT2D eigenvalue weighted by Crippen LogP contribution is -2.53. The van der Waals surface area contributed by atoms with Gasteiger partial charge in [-0.25, -0.2) is 0 Å². The lowest BCUT2D eigenvalue weighted by Gasteiger charge is -2.34. The summed E-state index contributed by atoms with van der Waals surface area (Å²) in [4.78, 5) is 14.4. The Kier molecular flexibility index (Phi) is 2.23. The average molecular weight is 208 g/mol. The van der Waals surface area contributed by atoms with E-state index in [2.05, 4.69) is 17.1 Å². The SMILES string of the molecule is C[C@@H]1CNCCN1C(=O)C1C2CCCC21. The van der Waals surface area contributed by atoms with Crippen molar-refractivity contribution < 1.29 is 4.79 Å². The van der Waals surface area contributed by atoms with Crippen molar-refractivity contribution in [2.24, 2.45) is 17.8 Å². The minimum absolute atomic E-state index is 0.396. The summed E-state index contributed by atoms with van der Waals surface area (Å²) in [7, 11) is 0. The molecule has 0 aromatic rings. The van der Waals surface area contributed by atoms with E-state index in [4.69, 9.17) is 0 Å². The molecule has 0 spiro atoms. The summed E-state index contributed by atoms with van der Waals surface area (Å²) in [5.41, 5.74) is 0. The molecule has 15 heavy (non-hydrogen) atoms. The fraction of sp³-hybridized carbons (Fsp3) is 0.917. The van der Waals surface area contributed by atoms with E-state index in [0.717, 1.165) is 31.5 Å². The molecule has 1 heterocycles. The third kappa shape index (κ3) is 1.48. The van der Waals surface area contributed by atoms with E-state index >= 15 is 0 Å². The van der Waals surface area contributed by atoms with Crippen LogP contribution in [-0.2, 0) is 4.79 Å². The predicted octanol–water partition coefficient (Wildman–Crippen LogP) is 0.853. The van der Waals surface area contributed by atoms with Crippen molar-refractivity contribution in [3.63, 3.8) is 0 Å². The van der Waals surface area contributed by atoms with Gasteiger partial charge in [-0.2, -0.15) is 0 Å². The highest BCUT2D eigenvalue weighted by Crippen LogP contribution is 2.58. The van der Waals surface area contributed by atoms with Gasteiger partial charge in [0.1, 0.15) is 0 Å². The predicted molar refractivity (Wildman–Crippen MR) is 58.4 cm³/mol. The average Bonchev–Trinajstić information content (AvgIpc) is 2.72. The van der Waals surface area contributed by atoms with Crippen molar-refractivity contribution in [3.8, 4) is 0 Å². The van der Waals surface area contributed by atoms with E-state index in [1.807, 2.05) is 0 Å². The van der Waals surface area contributed by atoms with Crippen molar-refractivity contribution in [3.05, 3.63) is 0 Å². The van der Waals surface area contributed by atoms with Crippen LogP contribution in [0.2, 0.25) is 0 Å². The highest BCUT2D eigenvalue weighted by Gasteiger charge is 2.57. The zero-order chi connectivity index (χ0) is 10.4. The molecule has 1 N–H and O–H groups in total. The van der Waals surface area contributed by atoms with Crippen LogP contribution in [0, 0.1) is 17.8 Å². The number of nitrogens with one attached hydrogen (secondary N) is 1. The van der Waals surface area contributed by atoms with Gasteiger partial charge < -0.3 is 10.2 Å². The Morgan fingerprint density at radius 3 is 2.73 bits per heavy atom. The van der Waals surface area contributed by atoms with Gasteiger partial charge in [0.2, 0.25) is 5.91 Å². The molecule has 3 fully saturated rings. The Balaban J connectivity index is 1.64. The van der Waals surface area contributed by atoms with Gasteiger partial charge in [-0.3, -0.25) is 4.79 Å². The zero-order valence-corrected chi connectivity index (χ0v) is 9.41. The quantitative estimate of drug-likeness (QED) is 0.693. The summed E-state index contributed by atoms with van der Waals surface area (Å²) >= 11 is 0. The molecular weight excluding hydrogens is 188 g/mol. The number of fused-ring (bicyclic) bond motifs is 1. The van der Waals surface area contributed by atoms with Crippen molar-refractivity contribution in [2.75, 3.05) is 19.6 Å². The normalized spacial score (nSPS) is 43.9. The zero-order valence-electron chi connectivity index (χ0n) is 9.41. The molecule has 3 rings (SSSR count). The number of carbonyl (C=O) groups excluding carboxylic acids is 1. The van der Waals surface area contributed by atoms with Crippen LogP contribution in [0.4, 0.5) is 0 Å². The Morgan fingerprint density at radius 2 is 2.07 bits per heavy atom. The van der Waals surface area contributed by atoms with E-state index in [0.29, 0.717) is 17.9 Å². The van der Waals surface area contributed by atoms with Gasteiger partial charge >= 0.3 is 0 Å². The van der Waals surface area contributed by atoms with Crippen LogP contribution in [0.1, 0.15) is 26.2 Å². The first-order valence-corrected chi connectivity index (χ1v) is 6.30. The molecule has 84 valence electrons. The molecule has 1 saturated heterocycles. The van der Waals surface area contributed by atoms with Crippen LogP contribution in [0.15, 0.2) is 0 Å². The third-order valence-electron chi connectivity index (χ3n) is 4.48. The molecule has 3 atom stereocenters. The molecule has 2 saturated carbocycles. The van der Waals surface area contributed by atoms with E-state index in [1.54, 1.807) is 0 Å². The Hall–Kier alpha value is -0.570. The number of piperazine rings is 1. The van der Waals surface area contributed by atoms with Crippen LogP contribution in [0.3, 0.4) is 0 Å². The first-order chi connectivity index (χ1) is 7.29. The maximum Gasteiger partial charge on any atom is 0.226 e. The van der Waals surface area contributed by atoms with Crippen molar-refractivity contribution in [1.29, 1.82) is 0 Å². The van der Waals surface area contributed by atoms with E-state index in [-0.39, 0.29) is 0 Å². The van der Waals surface area contributed by atoms with E-state index < -0.39 is 0 Å². The van der Waals surface area contributed by atoms with Crippen LogP contribution in [0.25, 0.3) is 0 Å². The molecule has 2 unspecified atom stereocenters. The van der Waals surface area contributed by atoms with Gasteiger partial charge in [0.25, 0.3) is 0 Å². The largest absolute Gasteiger partial charge is 0.337 e. The number of amides is 1. The second kappa shape index (κ2) is 3.48. The molecule has 0 radical (unpaired) electrons. The van der Waals surface area contributed by atoms with Gasteiger partial charge in [-0.15, -0.1) is 0 Å². The number of nitrogens with zero attached hydrogens (tertiary/aromatic N) is 1. The molecule has 3 heteroatoms. The van der Waals surface area contributed by atoms with Crippen molar-refractivity contribution >= 4 is 5.91 Å². The lowest BCUT2D eigenvalue weighted by atomic mass is 10.1. The fourth-order valence-corrected chi connectivity index (χ4v) is 3.55. The van der Waals surface area contributed by atoms with E-state index in [1.165, 1.54) is 19.3 Å². The smallest absolute Gasteiger partial charge is 0.226 e. The monoisotopic (exact) mass is 208 g/mol. The number of hydrogen-bond acceptors (Lipinski definition) is 2. The van der Waals surface area contributed by atoms with Crippen molar-refractivity contribution in [1.82, 2.24) is 10.2 Å². The molecule has 2 aliphatic carbocycles. The summed E-state index contributed by atoms with van der Waals surface area (Å²) in [6, 6.07) is 0.396. The summed E-state index contributed by atoms with van der Waals surface area (Å²) in [5.74, 6) is 2.40. The molecular formula is C12H20N2O. The minimum atomic E-state index is 0.396. The molecule has 3 nitrogen and oxygen atoms in total. The summed E-state index contributed by atoms with van der Waals surface area (Å²) < 4.78 is 0. The first-order valence-electron chi connectivity index (χ1n) is 6.30. The van der Waals surface area contributed by atoms with Gasteiger partial charge in [0, 0.05) is 31.6 Å². The Labute approximate surface area is 91.2 Å². The molecule has 0 aromatic carbocycles. The van der Waals surface area contributed by atoms with Gasteiger partial charge in [0.05, 0.1) is 0 Å². The number of carbonyl (C=O) groups is 1. The molecule has 1 aliphatic heterocycles. The molecule has 3 aliphatic rings. The number of hydrogen-bond donors (Lipinski definition) is 1.